The number of benzene rings is 1. The molecule has 8 nitrogen and oxygen atoms in total. The van der Waals surface area contributed by atoms with Crippen molar-refractivity contribution in [1.82, 2.24) is 24.7 Å². The minimum atomic E-state index is -0.217. The molecule has 8 heteroatoms. The van der Waals surface area contributed by atoms with Crippen LogP contribution in [0.5, 0.6) is 11.6 Å². The van der Waals surface area contributed by atoms with Crippen molar-refractivity contribution in [2.45, 2.75) is 46.5 Å². The standard InChI is InChI=1S/C27H30N6O2/c1-7-24-28-14-12-20(31-24)19-9-8-13-29-26(19)35-22-11-10-18(15-17(22)2)30-25(34)21-16-23(27(3,4)5)32-33(21)6/h8-16H,7H2,1-6H3,(H,30,34). The number of nitrogens with one attached hydrogen (secondary N) is 1. The molecule has 0 aliphatic carbocycles. The lowest BCUT2D eigenvalue weighted by molar-refractivity contribution is 0.101. The van der Waals surface area contributed by atoms with Gasteiger partial charge in [-0.1, -0.05) is 27.7 Å². The van der Waals surface area contributed by atoms with E-state index in [2.05, 4.69) is 46.1 Å². The van der Waals surface area contributed by atoms with Gasteiger partial charge in [-0.05, 0) is 55.0 Å². The van der Waals surface area contributed by atoms with Gasteiger partial charge in [0.1, 0.15) is 17.3 Å². The molecule has 1 amide bonds. The van der Waals surface area contributed by atoms with Gasteiger partial charge in [-0.25, -0.2) is 15.0 Å². The van der Waals surface area contributed by atoms with Crippen LogP contribution in [0.15, 0.2) is 54.9 Å². The van der Waals surface area contributed by atoms with Gasteiger partial charge in [-0.15, -0.1) is 0 Å². The summed E-state index contributed by atoms with van der Waals surface area (Å²) in [4.78, 5) is 26.2. The van der Waals surface area contributed by atoms with E-state index in [1.54, 1.807) is 24.1 Å². The maximum absolute atomic E-state index is 12.9. The number of hydrogen-bond acceptors (Lipinski definition) is 6. The van der Waals surface area contributed by atoms with Crippen molar-refractivity contribution in [2.75, 3.05) is 5.32 Å². The number of carbonyl (C=O) groups excluding carboxylic acids is 1. The Bertz CT molecular complexity index is 1370. The molecule has 0 radical (unpaired) electrons. The van der Waals surface area contributed by atoms with Gasteiger partial charge in [0.05, 0.1) is 17.0 Å². The van der Waals surface area contributed by atoms with Gasteiger partial charge in [0, 0.05) is 37.0 Å². The van der Waals surface area contributed by atoms with Gasteiger partial charge >= 0.3 is 0 Å². The monoisotopic (exact) mass is 470 g/mol. The molecule has 1 N–H and O–H groups in total. The minimum absolute atomic E-state index is 0.139. The maximum atomic E-state index is 12.9. The molecule has 0 atom stereocenters. The molecule has 0 aliphatic rings. The molecule has 0 fully saturated rings. The summed E-state index contributed by atoms with van der Waals surface area (Å²) in [5, 5.41) is 7.44. The third kappa shape index (κ3) is 5.37. The van der Waals surface area contributed by atoms with Crippen LogP contribution in [0, 0.1) is 6.92 Å². The number of aromatic nitrogens is 5. The minimum Gasteiger partial charge on any atom is -0.438 e. The predicted octanol–water partition coefficient (Wildman–Crippen LogP) is 5.49. The molecule has 0 aliphatic heterocycles. The molecule has 0 spiro atoms. The van der Waals surface area contributed by atoms with Gasteiger partial charge < -0.3 is 10.1 Å². The molecular formula is C27H30N6O2. The molecule has 4 rings (SSSR count). The van der Waals surface area contributed by atoms with E-state index in [9.17, 15) is 4.79 Å². The summed E-state index contributed by atoms with van der Waals surface area (Å²) in [5.41, 5.74) is 4.30. The number of amides is 1. The molecule has 0 saturated heterocycles. The molecule has 0 bridgehead atoms. The van der Waals surface area contributed by atoms with Crippen LogP contribution in [-0.4, -0.2) is 30.6 Å². The second kappa shape index (κ2) is 9.66. The van der Waals surface area contributed by atoms with Gasteiger partial charge in [-0.2, -0.15) is 5.10 Å². The Morgan fingerprint density at radius 3 is 2.57 bits per heavy atom. The molecule has 180 valence electrons. The van der Waals surface area contributed by atoms with Crippen molar-refractivity contribution in [3.05, 3.63) is 77.6 Å². The highest BCUT2D eigenvalue weighted by molar-refractivity contribution is 6.03. The van der Waals surface area contributed by atoms with E-state index in [0.717, 1.165) is 34.8 Å². The fourth-order valence-corrected chi connectivity index (χ4v) is 3.57. The average Bonchev–Trinajstić information content (AvgIpc) is 3.23. The van der Waals surface area contributed by atoms with E-state index in [1.807, 2.05) is 56.3 Å². The lowest BCUT2D eigenvalue weighted by Crippen LogP contribution is -2.16. The number of aryl methyl sites for hydroxylation is 3. The van der Waals surface area contributed by atoms with Gasteiger partial charge in [0.25, 0.3) is 5.91 Å². The predicted molar refractivity (Wildman–Crippen MR) is 136 cm³/mol. The summed E-state index contributed by atoms with van der Waals surface area (Å²) < 4.78 is 7.79. The first-order valence-corrected chi connectivity index (χ1v) is 11.6. The first-order valence-electron chi connectivity index (χ1n) is 11.6. The van der Waals surface area contributed by atoms with Gasteiger partial charge in [0.15, 0.2) is 0 Å². The van der Waals surface area contributed by atoms with Gasteiger partial charge in [0.2, 0.25) is 5.88 Å². The number of anilines is 1. The van der Waals surface area contributed by atoms with Crippen LogP contribution in [0.25, 0.3) is 11.3 Å². The second-order valence-electron chi connectivity index (χ2n) is 9.39. The highest BCUT2D eigenvalue weighted by Gasteiger charge is 2.22. The van der Waals surface area contributed by atoms with E-state index in [-0.39, 0.29) is 11.3 Å². The fraction of sp³-hybridized carbons (Fsp3) is 0.296. The van der Waals surface area contributed by atoms with Crippen molar-refractivity contribution in [2.24, 2.45) is 7.05 Å². The normalized spacial score (nSPS) is 11.4. The zero-order valence-electron chi connectivity index (χ0n) is 21.0. The summed E-state index contributed by atoms with van der Waals surface area (Å²) in [6.45, 7) is 10.1. The molecular weight excluding hydrogens is 440 g/mol. The zero-order valence-corrected chi connectivity index (χ0v) is 21.0. The number of ether oxygens (including phenoxy) is 1. The van der Waals surface area contributed by atoms with Crippen LogP contribution in [0.3, 0.4) is 0 Å². The average molecular weight is 471 g/mol. The van der Waals surface area contributed by atoms with Crippen molar-refractivity contribution < 1.29 is 9.53 Å². The van der Waals surface area contributed by atoms with Crippen LogP contribution in [0.2, 0.25) is 0 Å². The van der Waals surface area contributed by atoms with E-state index in [1.165, 1.54) is 0 Å². The number of hydrogen-bond donors (Lipinski definition) is 1. The first-order chi connectivity index (χ1) is 16.7. The van der Waals surface area contributed by atoms with E-state index >= 15 is 0 Å². The van der Waals surface area contributed by atoms with Crippen molar-refractivity contribution in [3.63, 3.8) is 0 Å². The summed E-state index contributed by atoms with van der Waals surface area (Å²) in [5.74, 6) is 1.64. The SMILES string of the molecule is CCc1nccc(-c2cccnc2Oc2ccc(NC(=O)c3cc(C(C)(C)C)nn3C)cc2C)n1. The number of pyridine rings is 1. The Hall–Kier alpha value is -4.07. The van der Waals surface area contributed by atoms with E-state index in [0.29, 0.717) is 23.0 Å². The van der Waals surface area contributed by atoms with Gasteiger partial charge in [-0.3, -0.25) is 9.48 Å². The van der Waals surface area contributed by atoms with Crippen LogP contribution in [0.4, 0.5) is 5.69 Å². The molecule has 3 aromatic heterocycles. The molecule has 1 aromatic carbocycles. The number of nitrogens with zero attached hydrogens (tertiary/aromatic N) is 5. The number of rotatable bonds is 6. The largest absolute Gasteiger partial charge is 0.438 e. The molecule has 0 saturated carbocycles. The topological polar surface area (TPSA) is 94.8 Å². The summed E-state index contributed by atoms with van der Waals surface area (Å²) in [7, 11) is 1.78. The smallest absolute Gasteiger partial charge is 0.273 e. The Morgan fingerprint density at radius 1 is 1.09 bits per heavy atom. The highest BCUT2D eigenvalue weighted by Crippen LogP contribution is 2.32. The van der Waals surface area contributed by atoms with Crippen LogP contribution >= 0.6 is 0 Å². The summed E-state index contributed by atoms with van der Waals surface area (Å²) in [6, 6.07) is 13.0. The van der Waals surface area contributed by atoms with E-state index in [4.69, 9.17) is 4.74 Å². The molecule has 4 aromatic rings. The van der Waals surface area contributed by atoms with Crippen LogP contribution < -0.4 is 10.1 Å². The van der Waals surface area contributed by atoms with Crippen LogP contribution in [-0.2, 0) is 18.9 Å². The fourth-order valence-electron chi connectivity index (χ4n) is 3.57. The third-order valence-electron chi connectivity index (χ3n) is 5.59. The first kappa shape index (κ1) is 24.1. The Labute approximate surface area is 205 Å². The Morgan fingerprint density at radius 2 is 1.89 bits per heavy atom. The van der Waals surface area contributed by atoms with Crippen LogP contribution in [0.1, 0.15) is 55.3 Å². The van der Waals surface area contributed by atoms with Crippen molar-refractivity contribution in [1.29, 1.82) is 0 Å². The Kier molecular flexibility index (Phi) is 6.64. The maximum Gasteiger partial charge on any atom is 0.273 e. The molecule has 3 heterocycles. The van der Waals surface area contributed by atoms with Crippen molar-refractivity contribution >= 4 is 11.6 Å². The summed E-state index contributed by atoms with van der Waals surface area (Å²) in [6.07, 6.45) is 4.17. The highest BCUT2D eigenvalue weighted by atomic mass is 16.5. The third-order valence-corrected chi connectivity index (χ3v) is 5.59. The zero-order chi connectivity index (χ0) is 25.2. The lowest BCUT2D eigenvalue weighted by Gasteiger charge is -2.13. The lowest BCUT2D eigenvalue weighted by atomic mass is 9.92. The van der Waals surface area contributed by atoms with Crippen molar-refractivity contribution in [3.8, 4) is 22.9 Å². The number of carbonyl (C=O) groups is 1. The Balaban J connectivity index is 1.54. The second-order valence-corrected chi connectivity index (χ2v) is 9.39. The molecule has 0 unspecified atom stereocenters. The summed E-state index contributed by atoms with van der Waals surface area (Å²) >= 11 is 0. The molecule has 35 heavy (non-hydrogen) atoms. The quantitative estimate of drug-likeness (QED) is 0.401. The van der Waals surface area contributed by atoms with E-state index < -0.39 is 0 Å².